The third kappa shape index (κ3) is 2.93. The number of pyridine rings is 1. The lowest BCUT2D eigenvalue weighted by molar-refractivity contribution is 1.19. The van der Waals surface area contributed by atoms with Gasteiger partial charge in [0.25, 0.3) is 0 Å². The third-order valence-corrected chi connectivity index (χ3v) is 4.47. The van der Waals surface area contributed by atoms with E-state index in [0.29, 0.717) is 11.1 Å². The number of rotatable bonds is 4. The third-order valence-electron chi connectivity index (χ3n) is 4.47. The van der Waals surface area contributed by atoms with Crippen molar-refractivity contribution in [2.24, 2.45) is 11.5 Å². The van der Waals surface area contributed by atoms with Crippen LogP contribution in [0.5, 0.6) is 0 Å². The second-order valence-electron chi connectivity index (χ2n) is 6.23. The molecule has 2 aromatic heterocycles. The highest BCUT2D eigenvalue weighted by molar-refractivity contribution is 6.02. The van der Waals surface area contributed by atoms with Crippen molar-refractivity contribution in [2.75, 3.05) is 0 Å². The maximum absolute atomic E-state index is 7.80. The highest BCUT2D eigenvalue weighted by atomic mass is 15.0. The summed E-state index contributed by atoms with van der Waals surface area (Å²) in [6.45, 7) is 0. The molecule has 6 nitrogen and oxygen atoms in total. The molecule has 2 heterocycles. The van der Waals surface area contributed by atoms with E-state index in [-0.39, 0.29) is 11.7 Å². The number of nitrogens with two attached hydrogens (primary N) is 2. The number of fused-ring (bicyclic) bond motifs is 1. The fourth-order valence-corrected chi connectivity index (χ4v) is 3.19. The van der Waals surface area contributed by atoms with Crippen LogP contribution in [0.4, 0.5) is 0 Å². The van der Waals surface area contributed by atoms with Gasteiger partial charge in [0.1, 0.15) is 17.3 Å². The van der Waals surface area contributed by atoms with Crippen molar-refractivity contribution in [1.29, 1.82) is 10.8 Å². The van der Waals surface area contributed by atoms with Gasteiger partial charge in [-0.05, 0) is 23.3 Å². The van der Waals surface area contributed by atoms with Crippen LogP contribution in [-0.4, -0.2) is 21.1 Å². The number of nitrogens with zero attached hydrogens (tertiary/aromatic N) is 2. The van der Waals surface area contributed by atoms with Crippen molar-refractivity contribution in [2.45, 2.75) is 0 Å². The summed E-state index contributed by atoms with van der Waals surface area (Å²) >= 11 is 0. The van der Waals surface area contributed by atoms with E-state index in [1.54, 1.807) is 0 Å². The first kappa shape index (κ1) is 16.5. The zero-order chi connectivity index (χ0) is 19.0. The average molecular weight is 354 g/mol. The number of nitrogen functional groups attached to an aromatic ring is 2. The number of hydrogen-bond donors (Lipinski definition) is 4. The van der Waals surface area contributed by atoms with E-state index in [2.05, 4.69) is 4.98 Å². The molecule has 0 saturated heterocycles. The average Bonchev–Trinajstić information content (AvgIpc) is 3.11. The van der Waals surface area contributed by atoms with Crippen LogP contribution >= 0.6 is 0 Å². The molecule has 4 aromatic rings. The second kappa shape index (κ2) is 6.42. The normalized spacial score (nSPS) is 10.8. The maximum atomic E-state index is 7.80. The Morgan fingerprint density at radius 2 is 1.33 bits per heavy atom. The molecule has 4 rings (SSSR count). The Labute approximate surface area is 156 Å². The van der Waals surface area contributed by atoms with E-state index in [9.17, 15) is 0 Å². The van der Waals surface area contributed by atoms with Crippen LogP contribution in [0, 0.1) is 10.8 Å². The summed E-state index contributed by atoms with van der Waals surface area (Å²) in [7, 11) is 0. The largest absolute Gasteiger partial charge is 0.384 e. The van der Waals surface area contributed by atoms with Crippen molar-refractivity contribution < 1.29 is 0 Å². The van der Waals surface area contributed by atoms with Crippen LogP contribution in [0.15, 0.2) is 73.1 Å². The number of aromatic nitrogens is 2. The minimum Gasteiger partial charge on any atom is -0.384 e. The van der Waals surface area contributed by atoms with Crippen LogP contribution in [0.2, 0.25) is 0 Å². The molecule has 0 amide bonds. The van der Waals surface area contributed by atoms with Crippen LogP contribution in [0.25, 0.3) is 28.0 Å². The monoisotopic (exact) mass is 354 g/mol. The number of hydrogen-bond acceptors (Lipinski definition) is 3. The molecule has 6 heteroatoms. The van der Waals surface area contributed by atoms with Gasteiger partial charge >= 0.3 is 0 Å². The first-order chi connectivity index (χ1) is 13.0. The lowest BCUT2D eigenvalue weighted by Crippen LogP contribution is -2.12. The zero-order valence-electron chi connectivity index (χ0n) is 14.5. The highest BCUT2D eigenvalue weighted by Gasteiger charge is 2.12. The maximum Gasteiger partial charge on any atom is 0.137 e. The van der Waals surface area contributed by atoms with E-state index >= 15 is 0 Å². The SMILES string of the molecule is N=C(N)c1ccccc1-c1ccc2nc(-c3ccccc3C(=N)N)cn2c1. The molecule has 0 bridgehead atoms. The molecule has 0 saturated carbocycles. The summed E-state index contributed by atoms with van der Waals surface area (Å²) in [5.41, 5.74) is 17.0. The highest BCUT2D eigenvalue weighted by Crippen LogP contribution is 2.27. The van der Waals surface area contributed by atoms with Gasteiger partial charge in [-0.15, -0.1) is 0 Å². The zero-order valence-corrected chi connectivity index (χ0v) is 14.5. The van der Waals surface area contributed by atoms with Gasteiger partial charge in [0.15, 0.2) is 0 Å². The van der Waals surface area contributed by atoms with Crippen molar-refractivity contribution >= 4 is 17.3 Å². The molecule has 0 radical (unpaired) electrons. The van der Waals surface area contributed by atoms with E-state index in [1.165, 1.54) is 0 Å². The van der Waals surface area contributed by atoms with Gasteiger partial charge in [0, 0.05) is 29.1 Å². The Morgan fingerprint density at radius 1 is 0.741 bits per heavy atom. The molecule has 0 aliphatic carbocycles. The quantitative estimate of drug-likeness (QED) is 0.333. The van der Waals surface area contributed by atoms with Crippen LogP contribution < -0.4 is 11.5 Å². The molecule has 0 fully saturated rings. The summed E-state index contributed by atoms with van der Waals surface area (Å²) in [5, 5.41) is 15.6. The molecule has 132 valence electrons. The number of imidazole rings is 1. The fourth-order valence-electron chi connectivity index (χ4n) is 3.19. The summed E-state index contributed by atoms with van der Waals surface area (Å²) in [6, 6.07) is 18.9. The van der Waals surface area contributed by atoms with Crippen LogP contribution in [0.3, 0.4) is 0 Å². The Hall–Kier alpha value is -3.93. The predicted molar refractivity (Wildman–Crippen MR) is 108 cm³/mol. The molecule has 6 N–H and O–H groups in total. The van der Waals surface area contributed by atoms with Crippen molar-refractivity contribution in [3.05, 3.63) is 84.2 Å². The van der Waals surface area contributed by atoms with E-state index < -0.39 is 0 Å². The molecular weight excluding hydrogens is 336 g/mol. The molecule has 0 spiro atoms. The number of benzene rings is 2. The first-order valence-electron chi connectivity index (χ1n) is 8.41. The standard InChI is InChI=1S/C21H18N6/c22-20(23)16-7-3-1-5-14(16)13-9-10-19-26-18(12-27(19)11-13)15-6-2-4-8-17(15)21(24)25/h1-12H,(H3,22,23)(H3,24,25). The first-order valence-corrected chi connectivity index (χ1v) is 8.41. The molecule has 27 heavy (non-hydrogen) atoms. The lowest BCUT2D eigenvalue weighted by Gasteiger charge is -2.08. The summed E-state index contributed by atoms with van der Waals surface area (Å²) in [4.78, 5) is 4.66. The van der Waals surface area contributed by atoms with Crippen LogP contribution in [-0.2, 0) is 0 Å². The van der Waals surface area contributed by atoms with Gasteiger partial charge < -0.3 is 15.9 Å². The van der Waals surface area contributed by atoms with Gasteiger partial charge in [-0.25, -0.2) is 4.98 Å². The second-order valence-corrected chi connectivity index (χ2v) is 6.23. The minimum atomic E-state index is 0.0127. The lowest BCUT2D eigenvalue weighted by atomic mass is 10.0. The number of nitrogens with one attached hydrogen (secondary N) is 2. The summed E-state index contributed by atoms with van der Waals surface area (Å²) in [6.07, 6.45) is 3.88. The minimum absolute atomic E-state index is 0.0127. The summed E-state index contributed by atoms with van der Waals surface area (Å²) in [5.74, 6) is 0.0473. The summed E-state index contributed by atoms with van der Waals surface area (Å²) < 4.78 is 1.93. The fraction of sp³-hybridized carbons (Fsp3) is 0. The van der Waals surface area contributed by atoms with Crippen molar-refractivity contribution in [1.82, 2.24) is 9.38 Å². The van der Waals surface area contributed by atoms with Gasteiger partial charge in [-0.2, -0.15) is 0 Å². The smallest absolute Gasteiger partial charge is 0.137 e. The molecule has 0 aliphatic rings. The Bertz CT molecular complexity index is 1130. The van der Waals surface area contributed by atoms with Crippen LogP contribution in [0.1, 0.15) is 11.1 Å². The Kier molecular flexibility index (Phi) is 3.93. The predicted octanol–water partition coefficient (Wildman–Crippen LogP) is 3.24. The molecular formula is C21H18N6. The number of amidine groups is 2. The Morgan fingerprint density at radius 3 is 2.00 bits per heavy atom. The van der Waals surface area contributed by atoms with E-state index in [4.69, 9.17) is 22.3 Å². The van der Waals surface area contributed by atoms with E-state index in [0.717, 1.165) is 28.0 Å². The Balaban J connectivity index is 1.85. The van der Waals surface area contributed by atoms with Crippen molar-refractivity contribution in [3.8, 4) is 22.4 Å². The molecule has 0 atom stereocenters. The molecule has 2 aromatic carbocycles. The van der Waals surface area contributed by atoms with Gasteiger partial charge in [-0.3, -0.25) is 10.8 Å². The van der Waals surface area contributed by atoms with Crippen molar-refractivity contribution in [3.63, 3.8) is 0 Å². The van der Waals surface area contributed by atoms with Gasteiger partial charge in [0.2, 0.25) is 0 Å². The topological polar surface area (TPSA) is 117 Å². The molecule has 0 aliphatic heterocycles. The van der Waals surface area contributed by atoms with Gasteiger partial charge in [0.05, 0.1) is 5.69 Å². The molecule has 0 unspecified atom stereocenters. The van der Waals surface area contributed by atoms with E-state index in [1.807, 2.05) is 77.5 Å². The van der Waals surface area contributed by atoms with Gasteiger partial charge in [-0.1, -0.05) is 48.5 Å².